The average Bonchev–Trinajstić information content (AvgIpc) is 2.82. The fourth-order valence-electron chi connectivity index (χ4n) is 1.89. The Hall–Kier alpha value is -0.980. The molecule has 0 radical (unpaired) electrons. The number of carbonyl (C=O) groups is 1. The van der Waals surface area contributed by atoms with Gasteiger partial charge in [-0.15, -0.1) is 0 Å². The molecule has 1 saturated heterocycles. The largest absolute Gasteiger partial charge is 0.392 e. The van der Waals surface area contributed by atoms with Crippen LogP contribution >= 0.6 is 23.6 Å². The summed E-state index contributed by atoms with van der Waals surface area (Å²) >= 11 is 6.60. The van der Waals surface area contributed by atoms with Crippen molar-refractivity contribution in [3.8, 4) is 0 Å². The molecule has 0 aliphatic carbocycles. The van der Waals surface area contributed by atoms with Crippen LogP contribution in [0, 0.1) is 5.41 Å². The van der Waals surface area contributed by atoms with Gasteiger partial charge in [0.05, 0.1) is 10.7 Å². The number of hydrogen-bond donors (Lipinski definition) is 2. The molecular formula is C11H14N2O2S2. The fourth-order valence-corrected chi connectivity index (χ4v) is 2.78. The minimum absolute atomic E-state index is 0.119. The minimum atomic E-state index is -0.754. The molecule has 4 nitrogen and oxygen atoms in total. The smallest absolute Gasteiger partial charge is 0.237 e. The Morgan fingerprint density at radius 1 is 1.53 bits per heavy atom. The second kappa shape index (κ2) is 5.12. The number of thiophene rings is 1. The SMILES string of the molecule is NC(=S)C1(C(=O)Nc2ccsc2)CCOCC1. The predicted octanol–water partition coefficient (Wildman–Crippen LogP) is 1.77. The second-order valence-electron chi connectivity index (χ2n) is 4.02. The molecule has 0 bridgehead atoms. The summed E-state index contributed by atoms with van der Waals surface area (Å²) in [6.45, 7) is 1.04. The number of nitrogens with two attached hydrogens (primary N) is 1. The molecule has 1 amide bonds. The maximum absolute atomic E-state index is 12.3. The Kier molecular flexibility index (Phi) is 3.76. The van der Waals surface area contributed by atoms with Crippen LogP contribution in [0.5, 0.6) is 0 Å². The van der Waals surface area contributed by atoms with Crippen molar-refractivity contribution in [1.29, 1.82) is 0 Å². The van der Waals surface area contributed by atoms with Crippen molar-refractivity contribution in [2.45, 2.75) is 12.8 Å². The Labute approximate surface area is 109 Å². The summed E-state index contributed by atoms with van der Waals surface area (Å²) in [4.78, 5) is 12.6. The number of hydrogen-bond acceptors (Lipinski definition) is 4. The van der Waals surface area contributed by atoms with Gasteiger partial charge in [-0.05, 0) is 24.3 Å². The van der Waals surface area contributed by atoms with Gasteiger partial charge in [-0.3, -0.25) is 4.79 Å². The molecule has 1 fully saturated rings. The predicted molar refractivity (Wildman–Crippen MR) is 72.2 cm³/mol. The van der Waals surface area contributed by atoms with E-state index in [0.717, 1.165) is 5.69 Å². The number of thiocarbonyl (C=S) groups is 1. The Balaban J connectivity index is 2.15. The molecule has 2 heterocycles. The van der Waals surface area contributed by atoms with Crippen molar-refractivity contribution in [2.75, 3.05) is 18.5 Å². The van der Waals surface area contributed by atoms with Crippen LogP contribution in [0.25, 0.3) is 0 Å². The molecule has 92 valence electrons. The van der Waals surface area contributed by atoms with Gasteiger partial charge < -0.3 is 15.8 Å². The number of carbonyl (C=O) groups excluding carboxylic acids is 1. The number of amides is 1. The normalized spacial score (nSPS) is 18.6. The lowest BCUT2D eigenvalue weighted by Crippen LogP contribution is -2.49. The standard InChI is InChI=1S/C11H14N2O2S2/c12-9(16)11(2-4-15-5-3-11)10(14)13-8-1-6-17-7-8/h1,6-7H,2-5H2,(H2,12,16)(H,13,14). The third-order valence-corrected chi connectivity index (χ3v) is 4.11. The van der Waals surface area contributed by atoms with Gasteiger partial charge in [0.25, 0.3) is 0 Å². The van der Waals surface area contributed by atoms with Crippen LogP contribution in [0.4, 0.5) is 5.69 Å². The molecule has 1 aromatic heterocycles. The quantitative estimate of drug-likeness (QED) is 0.822. The number of ether oxygens (including phenoxy) is 1. The molecule has 1 aliphatic rings. The first-order valence-electron chi connectivity index (χ1n) is 5.36. The highest BCUT2D eigenvalue weighted by atomic mass is 32.1. The van der Waals surface area contributed by atoms with E-state index in [2.05, 4.69) is 5.32 Å². The lowest BCUT2D eigenvalue weighted by Gasteiger charge is -2.34. The number of rotatable bonds is 3. The molecule has 6 heteroatoms. The van der Waals surface area contributed by atoms with Crippen LogP contribution in [-0.2, 0) is 9.53 Å². The van der Waals surface area contributed by atoms with Gasteiger partial charge >= 0.3 is 0 Å². The lowest BCUT2D eigenvalue weighted by molar-refractivity contribution is -0.126. The first-order valence-corrected chi connectivity index (χ1v) is 6.71. The van der Waals surface area contributed by atoms with Crippen LogP contribution in [0.3, 0.4) is 0 Å². The second-order valence-corrected chi connectivity index (χ2v) is 5.24. The van der Waals surface area contributed by atoms with E-state index >= 15 is 0 Å². The molecule has 2 rings (SSSR count). The molecule has 0 unspecified atom stereocenters. The van der Waals surface area contributed by atoms with E-state index in [-0.39, 0.29) is 10.9 Å². The van der Waals surface area contributed by atoms with Gasteiger partial charge in [-0.2, -0.15) is 11.3 Å². The molecule has 0 aromatic carbocycles. The van der Waals surface area contributed by atoms with E-state index < -0.39 is 5.41 Å². The summed E-state index contributed by atoms with van der Waals surface area (Å²) < 4.78 is 5.27. The van der Waals surface area contributed by atoms with Crippen molar-refractivity contribution in [3.05, 3.63) is 16.8 Å². The summed E-state index contributed by atoms with van der Waals surface area (Å²) in [5.41, 5.74) is 5.79. The Morgan fingerprint density at radius 2 is 2.24 bits per heavy atom. The highest BCUT2D eigenvalue weighted by molar-refractivity contribution is 7.80. The van der Waals surface area contributed by atoms with Gasteiger partial charge in [-0.25, -0.2) is 0 Å². The lowest BCUT2D eigenvalue weighted by atomic mass is 9.79. The molecule has 3 N–H and O–H groups in total. The van der Waals surface area contributed by atoms with Crippen LogP contribution < -0.4 is 11.1 Å². The van der Waals surface area contributed by atoms with Crippen LogP contribution in [0.15, 0.2) is 16.8 Å². The van der Waals surface area contributed by atoms with E-state index in [1.54, 1.807) is 0 Å². The summed E-state index contributed by atoms with van der Waals surface area (Å²) in [6.07, 6.45) is 1.11. The average molecular weight is 270 g/mol. The van der Waals surface area contributed by atoms with Crippen molar-refractivity contribution >= 4 is 40.1 Å². The minimum Gasteiger partial charge on any atom is -0.392 e. The topological polar surface area (TPSA) is 64.4 Å². The number of anilines is 1. The zero-order chi connectivity index (χ0) is 12.3. The van der Waals surface area contributed by atoms with Crippen molar-refractivity contribution < 1.29 is 9.53 Å². The summed E-state index contributed by atoms with van der Waals surface area (Å²) in [5, 5.41) is 6.65. The van der Waals surface area contributed by atoms with Crippen molar-refractivity contribution in [2.24, 2.45) is 11.1 Å². The summed E-state index contributed by atoms with van der Waals surface area (Å²) in [5.74, 6) is -0.119. The van der Waals surface area contributed by atoms with E-state index in [9.17, 15) is 4.79 Å². The summed E-state index contributed by atoms with van der Waals surface area (Å²) in [6, 6.07) is 1.86. The van der Waals surface area contributed by atoms with Crippen LogP contribution in [0.1, 0.15) is 12.8 Å². The monoisotopic (exact) mass is 270 g/mol. The number of nitrogens with one attached hydrogen (secondary N) is 1. The van der Waals surface area contributed by atoms with Gasteiger partial charge in [0, 0.05) is 18.6 Å². The first-order chi connectivity index (χ1) is 8.15. The van der Waals surface area contributed by atoms with E-state index in [1.807, 2.05) is 16.8 Å². The van der Waals surface area contributed by atoms with Gasteiger partial charge in [0.15, 0.2) is 0 Å². The maximum atomic E-state index is 12.3. The highest BCUT2D eigenvalue weighted by Gasteiger charge is 2.43. The molecule has 1 aliphatic heterocycles. The maximum Gasteiger partial charge on any atom is 0.237 e. The Bertz CT molecular complexity index is 411. The molecule has 1 aromatic rings. The molecule has 0 spiro atoms. The molecule has 0 saturated carbocycles. The van der Waals surface area contributed by atoms with Crippen LogP contribution in [-0.4, -0.2) is 24.1 Å². The van der Waals surface area contributed by atoms with E-state index in [0.29, 0.717) is 26.1 Å². The molecule has 17 heavy (non-hydrogen) atoms. The molecular weight excluding hydrogens is 256 g/mol. The van der Waals surface area contributed by atoms with Crippen LogP contribution in [0.2, 0.25) is 0 Å². The zero-order valence-electron chi connectivity index (χ0n) is 9.27. The third kappa shape index (κ3) is 2.48. The van der Waals surface area contributed by atoms with Gasteiger partial charge in [-0.1, -0.05) is 12.2 Å². The van der Waals surface area contributed by atoms with E-state index in [1.165, 1.54) is 11.3 Å². The first kappa shape index (κ1) is 12.5. The van der Waals surface area contributed by atoms with E-state index in [4.69, 9.17) is 22.7 Å². The Morgan fingerprint density at radius 3 is 2.76 bits per heavy atom. The zero-order valence-corrected chi connectivity index (χ0v) is 10.9. The van der Waals surface area contributed by atoms with Gasteiger partial charge in [0.2, 0.25) is 5.91 Å². The van der Waals surface area contributed by atoms with Gasteiger partial charge in [0.1, 0.15) is 5.41 Å². The van der Waals surface area contributed by atoms with Crippen molar-refractivity contribution in [1.82, 2.24) is 0 Å². The third-order valence-electron chi connectivity index (χ3n) is 3.03. The fraction of sp³-hybridized carbons (Fsp3) is 0.455. The summed E-state index contributed by atoms with van der Waals surface area (Å²) in [7, 11) is 0. The van der Waals surface area contributed by atoms with Crippen molar-refractivity contribution in [3.63, 3.8) is 0 Å². The highest BCUT2D eigenvalue weighted by Crippen LogP contribution is 2.32. The molecule has 0 atom stereocenters.